The zero-order valence-electron chi connectivity index (χ0n) is 9.99. The molecule has 1 N–H and O–H groups in total. The first-order valence-corrected chi connectivity index (χ1v) is 6.35. The zero-order chi connectivity index (χ0) is 12.2. The van der Waals surface area contributed by atoms with Gasteiger partial charge in [0.1, 0.15) is 4.75 Å². The first kappa shape index (κ1) is 13.1. The van der Waals surface area contributed by atoms with Crippen molar-refractivity contribution in [3.63, 3.8) is 0 Å². The van der Waals surface area contributed by atoms with Crippen molar-refractivity contribution in [2.24, 2.45) is 0 Å². The van der Waals surface area contributed by atoms with E-state index in [0.717, 1.165) is 4.90 Å². The van der Waals surface area contributed by atoms with E-state index >= 15 is 0 Å². The SMILES string of the molecule is CCC(CC)(Sc1ccc(C)cc1)C(=O)O. The van der Waals surface area contributed by atoms with Gasteiger partial charge in [0, 0.05) is 4.90 Å². The molecule has 1 aromatic carbocycles. The van der Waals surface area contributed by atoms with Gasteiger partial charge in [0.25, 0.3) is 0 Å². The Kier molecular flexibility index (Phi) is 4.42. The summed E-state index contributed by atoms with van der Waals surface area (Å²) in [5.41, 5.74) is 1.19. The van der Waals surface area contributed by atoms with E-state index in [2.05, 4.69) is 0 Å². The first-order chi connectivity index (χ1) is 7.54. The molecule has 0 aliphatic heterocycles. The molecule has 88 valence electrons. The van der Waals surface area contributed by atoms with Crippen LogP contribution in [0.1, 0.15) is 32.3 Å². The van der Waals surface area contributed by atoms with Crippen molar-refractivity contribution in [2.75, 3.05) is 0 Å². The maximum atomic E-state index is 11.3. The van der Waals surface area contributed by atoms with Crippen molar-refractivity contribution >= 4 is 17.7 Å². The van der Waals surface area contributed by atoms with Crippen LogP contribution in [0.25, 0.3) is 0 Å². The molecule has 0 amide bonds. The molecule has 0 aliphatic carbocycles. The summed E-state index contributed by atoms with van der Waals surface area (Å²) < 4.78 is -0.685. The molecule has 3 heteroatoms. The quantitative estimate of drug-likeness (QED) is 0.794. The van der Waals surface area contributed by atoms with E-state index in [4.69, 9.17) is 0 Å². The highest BCUT2D eigenvalue weighted by molar-refractivity contribution is 8.01. The predicted molar refractivity (Wildman–Crippen MR) is 68.0 cm³/mol. The monoisotopic (exact) mass is 238 g/mol. The molecule has 0 atom stereocenters. The number of benzene rings is 1. The summed E-state index contributed by atoms with van der Waals surface area (Å²) in [5.74, 6) is -0.719. The Bertz CT molecular complexity index is 353. The van der Waals surface area contributed by atoms with Crippen molar-refractivity contribution < 1.29 is 9.90 Å². The van der Waals surface area contributed by atoms with Crippen molar-refractivity contribution in [1.29, 1.82) is 0 Å². The van der Waals surface area contributed by atoms with Crippen LogP contribution in [0, 0.1) is 6.92 Å². The third-order valence-corrected chi connectivity index (χ3v) is 4.52. The Balaban J connectivity index is 2.91. The molecule has 2 nitrogen and oxygen atoms in total. The highest BCUT2D eigenvalue weighted by Gasteiger charge is 2.35. The molecule has 1 aromatic rings. The second-order valence-electron chi connectivity index (χ2n) is 3.92. The van der Waals surface area contributed by atoms with Crippen LogP contribution in [0.4, 0.5) is 0 Å². The van der Waals surface area contributed by atoms with E-state index in [1.165, 1.54) is 17.3 Å². The molecule has 0 spiro atoms. The standard InChI is InChI=1S/C13H18O2S/c1-4-13(5-2,12(14)15)16-11-8-6-10(3)7-9-11/h6-9H,4-5H2,1-3H3,(H,14,15). The average molecular weight is 238 g/mol. The fourth-order valence-electron chi connectivity index (χ4n) is 1.57. The lowest BCUT2D eigenvalue weighted by Crippen LogP contribution is -2.33. The van der Waals surface area contributed by atoms with Gasteiger partial charge in [-0.25, -0.2) is 0 Å². The second kappa shape index (κ2) is 5.39. The number of aryl methyl sites for hydroxylation is 1. The number of thioether (sulfide) groups is 1. The van der Waals surface area contributed by atoms with Gasteiger partial charge >= 0.3 is 5.97 Å². The van der Waals surface area contributed by atoms with Crippen molar-refractivity contribution in [3.8, 4) is 0 Å². The van der Waals surface area contributed by atoms with Crippen LogP contribution in [0.5, 0.6) is 0 Å². The zero-order valence-corrected chi connectivity index (χ0v) is 10.8. The summed E-state index contributed by atoms with van der Waals surface area (Å²) in [6.07, 6.45) is 1.27. The van der Waals surface area contributed by atoms with E-state index in [-0.39, 0.29) is 0 Å². The van der Waals surface area contributed by atoms with Gasteiger partial charge in [-0.2, -0.15) is 0 Å². The number of hydrogen-bond donors (Lipinski definition) is 1. The van der Waals surface area contributed by atoms with Gasteiger partial charge in [0.2, 0.25) is 0 Å². The molecule has 0 radical (unpaired) electrons. The number of rotatable bonds is 5. The summed E-state index contributed by atoms with van der Waals surface area (Å²) in [7, 11) is 0. The van der Waals surface area contributed by atoms with Crippen molar-refractivity contribution in [1.82, 2.24) is 0 Å². The molecule has 0 fully saturated rings. The summed E-state index contributed by atoms with van der Waals surface area (Å²) in [5, 5.41) is 9.32. The molecule has 0 bridgehead atoms. The Labute approximate surface area is 101 Å². The van der Waals surface area contributed by atoms with Crippen molar-refractivity contribution in [2.45, 2.75) is 43.3 Å². The van der Waals surface area contributed by atoms with E-state index < -0.39 is 10.7 Å². The Hall–Kier alpha value is -0.960. The van der Waals surface area contributed by atoms with Crippen LogP contribution in [0.3, 0.4) is 0 Å². The lowest BCUT2D eigenvalue weighted by atomic mass is 10.0. The van der Waals surface area contributed by atoms with E-state index in [1.807, 2.05) is 45.0 Å². The normalized spacial score (nSPS) is 11.4. The molecular weight excluding hydrogens is 220 g/mol. The maximum absolute atomic E-state index is 11.3. The second-order valence-corrected chi connectivity index (χ2v) is 5.38. The summed E-state index contributed by atoms with van der Waals surface area (Å²) in [6, 6.07) is 8.01. The van der Waals surface area contributed by atoms with Crippen LogP contribution < -0.4 is 0 Å². The van der Waals surface area contributed by atoms with Crippen LogP contribution in [0.15, 0.2) is 29.2 Å². The topological polar surface area (TPSA) is 37.3 Å². The molecule has 0 saturated carbocycles. The van der Waals surface area contributed by atoms with Crippen LogP contribution >= 0.6 is 11.8 Å². The molecular formula is C13H18O2S. The average Bonchev–Trinajstić information content (AvgIpc) is 2.28. The van der Waals surface area contributed by atoms with Gasteiger partial charge in [-0.15, -0.1) is 11.8 Å². The highest BCUT2D eigenvalue weighted by Crippen LogP contribution is 2.38. The molecule has 0 heterocycles. The van der Waals surface area contributed by atoms with Crippen LogP contribution in [-0.2, 0) is 4.79 Å². The molecule has 0 aliphatic rings. The van der Waals surface area contributed by atoms with E-state index in [0.29, 0.717) is 12.8 Å². The van der Waals surface area contributed by atoms with Gasteiger partial charge in [0.05, 0.1) is 0 Å². The number of hydrogen-bond acceptors (Lipinski definition) is 2. The molecule has 0 aromatic heterocycles. The smallest absolute Gasteiger partial charge is 0.320 e. The lowest BCUT2D eigenvalue weighted by molar-refractivity contribution is -0.140. The fourth-order valence-corrected chi connectivity index (χ4v) is 2.67. The fraction of sp³-hybridized carbons (Fsp3) is 0.462. The van der Waals surface area contributed by atoms with Gasteiger partial charge in [-0.1, -0.05) is 31.5 Å². The summed E-state index contributed by atoms with van der Waals surface area (Å²) >= 11 is 1.45. The highest BCUT2D eigenvalue weighted by atomic mass is 32.2. The summed E-state index contributed by atoms with van der Waals surface area (Å²) in [6.45, 7) is 5.89. The summed E-state index contributed by atoms with van der Waals surface area (Å²) in [4.78, 5) is 12.4. The molecule has 16 heavy (non-hydrogen) atoms. The van der Waals surface area contributed by atoms with Gasteiger partial charge in [0.15, 0.2) is 0 Å². The minimum atomic E-state index is -0.719. The van der Waals surface area contributed by atoms with E-state index in [1.54, 1.807) is 0 Å². The first-order valence-electron chi connectivity index (χ1n) is 5.53. The van der Waals surface area contributed by atoms with Crippen molar-refractivity contribution in [3.05, 3.63) is 29.8 Å². The van der Waals surface area contributed by atoms with Gasteiger partial charge in [-0.05, 0) is 31.9 Å². The van der Waals surface area contributed by atoms with Crippen LogP contribution in [0.2, 0.25) is 0 Å². The largest absolute Gasteiger partial charge is 0.480 e. The van der Waals surface area contributed by atoms with Crippen LogP contribution in [-0.4, -0.2) is 15.8 Å². The minimum absolute atomic E-state index is 0.636. The Morgan fingerprint density at radius 3 is 2.12 bits per heavy atom. The number of aliphatic carboxylic acids is 1. The van der Waals surface area contributed by atoms with Gasteiger partial charge in [-0.3, -0.25) is 4.79 Å². The Morgan fingerprint density at radius 2 is 1.75 bits per heavy atom. The number of carboxylic acids is 1. The predicted octanol–water partition coefficient (Wildman–Crippen LogP) is 3.73. The third-order valence-electron chi connectivity index (χ3n) is 2.87. The number of carboxylic acid groups (broad SMARTS) is 1. The molecule has 0 unspecified atom stereocenters. The Morgan fingerprint density at radius 1 is 1.25 bits per heavy atom. The van der Waals surface area contributed by atoms with Gasteiger partial charge < -0.3 is 5.11 Å². The third kappa shape index (κ3) is 2.79. The molecule has 1 rings (SSSR count). The van der Waals surface area contributed by atoms with E-state index in [9.17, 15) is 9.90 Å². The number of carbonyl (C=O) groups is 1. The lowest BCUT2D eigenvalue weighted by Gasteiger charge is -2.25. The minimum Gasteiger partial charge on any atom is -0.480 e. The maximum Gasteiger partial charge on any atom is 0.320 e. The molecule has 0 saturated heterocycles.